The summed E-state index contributed by atoms with van der Waals surface area (Å²) in [5.41, 5.74) is 10.4. The molecule has 37 heavy (non-hydrogen) atoms. The van der Waals surface area contributed by atoms with E-state index in [2.05, 4.69) is 0 Å². The van der Waals surface area contributed by atoms with E-state index in [9.17, 15) is 14.7 Å². The molecule has 0 saturated heterocycles. The van der Waals surface area contributed by atoms with Crippen molar-refractivity contribution in [1.82, 2.24) is 4.90 Å². The van der Waals surface area contributed by atoms with E-state index in [1.807, 2.05) is 52.0 Å². The number of rotatable bonds is 6. The Labute approximate surface area is 217 Å². The van der Waals surface area contributed by atoms with Gasteiger partial charge < -0.3 is 30.6 Å². The molecule has 196 valence electrons. The van der Waals surface area contributed by atoms with Crippen LogP contribution in [0, 0.1) is 12.3 Å². The summed E-state index contributed by atoms with van der Waals surface area (Å²) in [7, 11) is 1.63. The fraction of sp³-hybridized carbons (Fsp3) is 0.414. The van der Waals surface area contributed by atoms with Crippen molar-refractivity contribution in [2.45, 2.75) is 64.2 Å². The number of hydrogen-bond acceptors (Lipinski definition) is 6. The number of allylic oxidation sites excluding steroid dienone is 1. The molecule has 2 aromatic carbocycles. The van der Waals surface area contributed by atoms with Crippen LogP contribution in [0.1, 0.15) is 71.3 Å². The fourth-order valence-electron chi connectivity index (χ4n) is 5.49. The predicted molar refractivity (Wildman–Crippen MR) is 142 cm³/mol. The maximum atomic E-state index is 13.7. The summed E-state index contributed by atoms with van der Waals surface area (Å²) in [6, 6.07) is 8.54. The Morgan fingerprint density at radius 2 is 1.97 bits per heavy atom. The number of amides is 1. The van der Waals surface area contributed by atoms with Crippen LogP contribution >= 0.6 is 0 Å². The Balaban J connectivity index is 1.98. The smallest absolute Gasteiger partial charge is 0.335 e. The predicted octanol–water partition coefficient (Wildman–Crippen LogP) is 4.12. The average molecular weight is 506 g/mol. The molecule has 4 rings (SSSR count). The van der Waals surface area contributed by atoms with E-state index in [1.165, 1.54) is 11.1 Å². The number of carbonyl (C=O) groups is 2. The van der Waals surface area contributed by atoms with Crippen molar-refractivity contribution in [2.75, 3.05) is 13.7 Å². The molecule has 3 atom stereocenters. The Morgan fingerprint density at radius 3 is 2.59 bits per heavy atom. The van der Waals surface area contributed by atoms with Crippen LogP contribution in [0.15, 0.2) is 36.5 Å². The van der Waals surface area contributed by atoms with Crippen LogP contribution in [0.25, 0.3) is 5.57 Å². The molecule has 8 nitrogen and oxygen atoms in total. The van der Waals surface area contributed by atoms with Crippen molar-refractivity contribution in [3.8, 4) is 5.75 Å². The Morgan fingerprint density at radius 1 is 1.27 bits per heavy atom. The quantitative estimate of drug-likeness (QED) is 0.507. The van der Waals surface area contributed by atoms with Crippen molar-refractivity contribution in [3.05, 3.63) is 69.9 Å². The molecule has 0 saturated carbocycles. The molecule has 2 aliphatic heterocycles. The number of nitrogens with two attached hydrogens (primary N) is 1. The number of carbonyl (C=O) groups excluding carboxylic acids is 1. The van der Waals surface area contributed by atoms with Gasteiger partial charge in [-0.15, -0.1) is 0 Å². The first-order valence-electron chi connectivity index (χ1n) is 12.5. The lowest BCUT2D eigenvalue weighted by atomic mass is 9.74. The third-order valence-corrected chi connectivity index (χ3v) is 7.19. The molecule has 2 aliphatic rings. The minimum atomic E-state index is -1.26. The Kier molecular flexibility index (Phi) is 7.15. The van der Waals surface area contributed by atoms with Crippen molar-refractivity contribution in [3.63, 3.8) is 0 Å². The largest absolute Gasteiger partial charge is 0.493 e. The van der Waals surface area contributed by atoms with Gasteiger partial charge in [-0.2, -0.15) is 0 Å². The van der Waals surface area contributed by atoms with Gasteiger partial charge in [0.25, 0.3) is 5.91 Å². The molecule has 0 spiro atoms. The third-order valence-electron chi connectivity index (χ3n) is 7.19. The normalized spacial score (nSPS) is 20.5. The maximum Gasteiger partial charge on any atom is 0.335 e. The number of carboxylic acids is 1. The first kappa shape index (κ1) is 26.4. The van der Waals surface area contributed by atoms with Gasteiger partial charge in [-0.25, -0.2) is 4.79 Å². The summed E-state index contributed by atoms with van der Waals surface area (Å²) in [6.45, 7) is 8.13. The summed E-state index contributed by atoms with van der Waals surface area (Å²) >= 11 is 0. The van der Waals surface area contributed by atoms with E-state index in [0.29, 0.717) is 23.3 Å². The molecule has 4 N–H and O–H groups in total. The Hall–Kier alpha value is -3.65. The number of hydrogen-bond donors (Lipinski definition) is 3. The number of ether oxygens (including phenoxy) is 2. The highest BCUT2D eigenvalue weighted by molar-refractivity contribution is 6.09. The molecule has 2 heterocycles. The molecule has 0 aliphatic carbocycles. The summed E-state index contributed by atoms with van der Waals surface area (Å²) < 4.78 is 12.0. The highest BCUT2D eigenvalue weighted by atomic mass is 16.5. The van der Waals surface area contributed by atoms with E-state index in [1.54, 1.807) is 13.1 Å². The fourth-order valence-corrected chi connectivity index (χ4v) is 5.49. The molecule has 0 aromatic heterocycles. The van der Waals surface area contributed by atoms with Crippen LogP contribution in [0.2, 0.25) is 0 Å². The molecule has 8 heteroatoms. The van der Waals surface area contributed by atoms with Gasteiger partial charge in [0.1, 0.15) is 5.75 Å². The van der Waals surface area contributed by atoms with E-state index in [-0.39, 0.29) is 5.91 Å². The highest BCUT2D eigenvalue weighted by Gasteiger charge is 2.48. The minimum absolute atomic E-state index is 0.304. The van der Waals surface area contributed by atoms with Crippen LogP contribution in [-0.4, -0.2) is 59.5 Å². The van der Waals surface area contributed by atoms with Gasteiger partial charge in [-0.05, 0) is 80.5 Å². The monoisotopic (exact) mass is 505 g/mol. The first-order valence-corrected chi connectivity index (χ1v) is 12.5. The van der Waals surface area contributed by atoms with E-state index in [0.717, 1.165) is 47.1 Å². The molecule has 0 fully saturated rings. The molecule has 0 radical (unpaired) electrons. The van der Waals surface area contributed by atoms with Gasteiger partial charge in [-0.1, -0.05) is 18.2 Å². The van der Waals surface area contributed by atoms with E-state index < -0.39 is 29.6 Å². The summed E-state index contributed by atoms with van der Waals surface area (Å²) in [5.74, 6) is -1.04. The highest BCUT2D eigenvalue weighted by Crippen LogP contribution is 2.44. The molecular formula is C29H35N3O5. The van der Waals surface area contributed by atoms with Crippen molar-refractivity contribution < 1.29 is 24.2 Å². The second-order valence-electron chi connectivity index (χ2n) is 10.7. The first-order chi connectivity index (χ1) is 17.5. The molecule has 2 aromatic rings. The number of likely N-dealkylation sites (N-methyl/N-ethyl adjacent to an activating group) is 1. The number of nitrogens with one attached hydrogen (secondary N) is 1. The number of aliphatic carboxylic acids is 1. The van der Waals surface area contributed by atoms with Crippen LogP contribution in [-0.2, 0) is 16.0 Å². The average Bonchev–Trinajstić information content (AvgIpc) is 2.86. The van der Waals surface area contributed by atoms with E-state index in [4.69, 9.17) is 20.6 Å². The summed E-state index contributed by atoms with van der Waals surface area (Å²) in [6.07, 6.45) is 2.99. The van der Waals surface area contributed by atoms with Crippen molar-refractivity contribution in [1.29, 1.82) is 5.41 Å². The lowest BCUT2D eigenvalue weighted by Crippen LogP contribution is -2.57. The Bertz CT molecular complexity index is 1280. The van der Waals surface area contributed by atoms with Crippen LogP contribution in [0.3, 0.4) is 0 Å². The zero-order valence-corrected chi connectivity index (χ0v) is 22.0. The van der Waals surface area contributed by atoms with Gasteiger partial charge in [0.2, 0.25) is 0 Å². The van der Waals surface area contributed by atoms with Crippen LogP contribution in [0.4, 0.5) is 0 Å². The van der Waals surface area contributed by atoms with Crippen molar-refractivity contribution >= 4 is 23.7 Å². The number of nitrogens with zero attached hydrogens (tertiary/aromatic N) is 1. The molecule has 2 unspecified atom stereocenters. The van der Waals surface area contributed by atoms with Crippen molar-refractivity contribution in [2.24, 2.45) is 5.73 Å². The minimum Gasteiger partial charge on any atom is -0.493 e. The summed E-state index contributed by atoms with van der Waals surface area (Å²) in [4.78, 5) is 27.8. The topological polar surface area (TPSA) is 126 Å². The number of carboxylic acid groups (broad SMARTS) is 1. The standard InChI is InChI=1S/C29H35N3O5/c1-16-19-7-6-12-36-23(19)11-10-20(16)24-21-9-8-17(18(14-30)15-31)13-22(21)27(33)32(5)25(24)26(28(34)35)37-29(2,3)4/h8-11,13-15,24-26,30H,6-7,12,31H2,1-5H3,(H,34,35)/b18-15+,30-14?/t24?,25?,26-/m1/s1. The molecular weight excluding hydrogens is 470 g/mol. The number of fused-ring (bicyclic) bond motifs is 2. The van der Waals surface area contributed by atoms with Gasteiger partial charge in [-0.3, -0.25) is 4.79 Å². The van der Waals surface area contributed by atoms with Gasteiger partial charge in [0.05, 0.1) is 18.2 Å². The van der Waals surface area contributed by atoms with Gasteiger partial charge in [0.15, 0.2) is 6.10 Å². The lowest BCUT2D eigenvalue weighted by Gasteiger charge is -2.45. The second kappa shape index (κ2) is 10.0. The molecule has 0 bridgehead atoms. The van der Waals surface area contributed by atoms with Crippen LogP contribution in [0.5, 0.6) is 5.75 Å². The lowest BCUT2D eigenvalue weighted by molar-refractivity contribution is -0.167. The van der Waals surface area contributed by atoms with Crippen LogP contribution < -0.4 is 10.5 Å². The zero-order chi connectivity index (χ0) is 27.1. The van der Waals surface area contributed by atoms with E-state index >= 15 is 0 Å². The summed E-state index contributed by atoms with van der Waals surface area (Å²) in [5, 5.41) is 18.0. The maximum absolute atomic E-state index is 13.7. The second-order valence-corrected chi connectivity index (χ2v) is 10.7. The molecule has 1 amide bonds. The van der Waals surface area contributed by atoms with Gasteiger partial charge >= 0.3 is 5.97 Å². The number of benzene rings is 2. The third kappa shape index (κ3) is 4.85. The zero-order valence-electron chi connectivity index (χ0n) is 22.0. The SMILES string of the molecule is Cc1c(C2c3ccc(/C(C=N)=C/N)cc3C(=O)N(C)C2[C@@H](OC(C)(C)C)C(=O)O)ccc2c1CCCO2. The van der Waals surface area contributed by atoms with Gasteiger partial charge in [0, 0.05) is 36.5 Å².